The van der Waals surface area contributed by atoms with Crippen molar-refractivity contribution in [2.24, 2.45) is 7.05 Å². The van der Waals surface area contributed by atoms with Gasteiger partial charge in [-0.2, -0.15) is 10.5 Å². The maximum atomic E-state index is 12.1. The lowest BCUT2D eigenvalue weighted by Gasteiger charge is -2.19. The Balaban J connectivity index is 2.58. The summed E-state index contributed by atoms with van der Waals surface area (Å²) in [5.74, 6) is 0.0612. The van der Waals surface area contributed by atoms with Crippen LogP contribution in [0.3, 0.4) is 0 Å². The first-order valence-corrected chi connectivity index (χ1v) is 7.38. The first-order chi connectivity index (χ1) is 10.1. The Kier molecular flexibility index (Phi) is 7.30. The van der Waals surface area contributed by atoms with Gasteiger partial charge in [0.2, 0.25) is 5.91 Å². The van der Waals surface area contributed by atoms with Crippen molar-refractivity contribution in [2.45, 2.75) is 24.6 Å². The molecule has 112 valence electrons. The van der Waals surface area contributed by atoms with E-state index in [-0.39, 0.29) is 31.1 Å². The molecule has 0 atom stereocenters. The van der Waals surface area contributed by atoms with E-state index in [2.05, 4.69) is 4.98 Å². The third kappa shape index (κ3) is 5.10. The van der Waals surface area contributed by atoms with Crippen LogP contribution in [0, 0.1) is 22.7 Å². The lowest BCUT2D eigenvalue weighted by Crippen LogP contribution is -2.34. The molecule has 0 saturated heterocycles. The molecule has 1 N–H and O–H groups in total. The fourth-order valence-corrected chi connectivity index (χ4v) is 2.53. The molecule has 0 aliphatic heterocycles. The van der Waals surface area contributed by atoms with Crippen LogP contribution in [0.4, 0.5) is 0 Å². The summed E-state index contributed by atoms with van der Waals surface area (Å²) >= 11 is 1.27. The Morgan fingerprint density at radius 1 is 1.43 bits per heavy atom. The number of aliphatic hydroxyl groups is 1. The summed E-state index contributed by atoms with van der Waals surface area (Å²) in [6, 6.07) is 3.99. The zero-order valence-electron chi connectivity index (χ0n) is 11.8. The molecule has 1 heterocycles. The Bertz CT molecular complexity index is 540. The summed E-state index contributed by atoms with van der Waals surface area (Å²) in [6.45, 7) is 0.564. The van der Waals surface area contributed by atoms with E-state index in [1.54, 1.807) is 17.8 Å². The van der Waals surface area contributed by atoms with Crippen LogP contribution in [0.1, 0.15) is 18.5 Å². The number of imidazole rings is 1. The number of amides is 1. The van der Waals surface area contributed by atoms with Crippen LogP contribution in [-0.2, 0) is 18.4 Å². The molecule has 0 saturated carbocycles. The Morgan fingerprint density at radius 2 is 2.05 bits per heavy atom. The zero-order valence-corrected chi connectivity index (χ0v) is 12.6. The molecule has 0 spiro atoms. The third-order valence-corrected chi connectivity index (χ3v) is 3.90. The normalized spacial score (nSPS) is 9.90. The minimum atomic E-state index is -0.126. The first-order valence-electron chi connectivity index (χ1n) is 6.40. The average Bonchev–Trinajstić information content (AvgIpc) is 2.85. The lowest BCUT2D eigenvalue weighted by molar-refractivity contribution is -0.128. The van der Waals surface area contributed by atoms with Gasteiger partial charge >= 0.3 is 0 Å². The van der Waals surface area contributed by atoms with E-state index in [9.17, 15) is 4.79 Å². The minimum absolute atomic E-state index is 0.103. The average molecular weight is 307 g/mol. The number of nitrogens with zero attached hydrogens (tertiary/aromatic N) is 5. The quantitative estimate of drug-likeness (QED) is 0.707. The molecular weight excluding hydrogens is 290 g/mol. The topological polar surface area (TPSA) is 106 Å². The summed E-state index contributed by atoms with van der Waals surface area (Å²) in [4.78, 5) is 17.8. The maximum Gasteiger partial charge on any atom is 0.233 e. The molecule has 0 aromatic carbocycles. The summed E-state index contributed by atoms with van der Waals surface area (Å²) in [5.41, 5.74) is 0.677. The van der Waals surface area contributed by atoms with Crippen LogP contribution in [0.2, 0.25) is 0 Å². The highest BCUT2D eigenvalue weighted by molar-refractivity contribution is 7.99. The van der Waals surface area contributed by atoms with Crippen molar-refractivity contribution in [2.75, 3.05) is 18.8 Å². The Morgan fingerprint density at radius 3 is 2.52 bits per heavy atom. The Labute approximate surface area is 127 Å². The Hall–Kier alpha value is -2.03. The van der Waals surface area contributed by atoms with Crippen LogP contribution in [-0.4, -0.2) is 44.3 Å². The van der Waals surface area contributed by atoms with E-state index >= 15 is 0 Å². The van der Waals surface area contributed by atoms with Gasteiger partial charge in [0.05, 0.1) is 49.2 Å². The van der Waals surface area contributed by atoms with Crippen LogP contribution >= 0.6 is 11.8 Å². The number of nitriles is 2. The van der Waals surface area contributed by atoms with E-state index in [1.165, 1.54) is 16.7 Å². The first kappa shape index (κ1) is 17.0. The van der Waals surface area contributed by atoms with Crippen molar-refractivity contribution in [3.63, 3.8) is 0 Å². The molecule has 0 bridgehead atoms. The molecule has 21 heavy (non-hydrogen) atoms. The summed E-state index contributed by atoms with van der Waals surface area (Å²) in [6.07, 6.45) is 2.06. The second kappa shape index (κ2) is 9.01. The molecule has 7 nitrogen and oxygen atoms in total. The predicted molar refractivity (Wildman–Crippen MR) is 76.9 cm³/mol. The van der Waals surface area contributed by atoms with Crippen molar-refractivity contribution >= 4 is 17.7 Å². The molecule has 1 rings (SSSR count). The summed E-state index contributed by atoms with van der Waals surface area (Å²) < 4.78 is 1.73. The molecule has 0 unspecified atom stereocenters. The molecular formula is C13H17N5O2S. The van der Waals surface area contributed by atoms with E-state index in [1.807, 2.05) is 12.1 Å². The number of carbonyl (C=O) groups is 1. The highest BCUT2D eigenvalue weighted by Crippen LogP contribution is 2.17. The molecule has 1 aromatic rings. The number of hydrogen-bond donors (Lipinski definition) is 1. The standard InChI is InChI=1S/C13H17N5O2S/c1-17-11(9-19)8-16-13(17)21-10-12(20)18(6-2-4-14)7-3-5-15/h8,19H,2-3,6-7,9-10H2,1H3. The molecule has 8 heteroatoms. The maximum absolute atomic E-state index is 12.1. The van der Waals surface area contributed by atoms with Crippen molar-refractivity contribution in [1.82, 2.24) is 14.5 Å². The molecule has 1 amide bonds. The molecule has 0 radical (unpaired) electrons. The van der Waals surface area contributed by atoms with Crippen LogP contribution in [0.5, 0.6) is 0 Å². The van der Waals surface area contributed by atoms with Crippen LogP contribution in [0.15, 0.2) is 11.4 Å². The molecule has 0 aliphatic carbocycles. The van der Waals surface area contributed by atoms with Gasteiger partial charge in [-0.05, 0) is 0 Å². The fourth-order valence-electron chi connectivity index (χ4n) is 1.66. The lowest BCUT2D eigenvalue weighted by atomic mass is 10.3. The fraction of sp³-hybridized carbons (Fsp3) is 0.538. The van der Waals surface area contributed by atoms with Crippen molar-refractivity contribution in [3.8, 4) is 12.1 Å². The number of thioether (sulfide) groups is 1. The number of hydrogen-bond acceptors (Lipinski definition) is 6. The number of aliphatic hydroxyl groups excluding tert-OH is 1. The minimum Gasteiger partial charge on any atom is -0.390 e. The van der Waals surface area contributed by atoms with Crippen LogP contribution < -0.4 is 0 Å². The van der Waals surface area contributed by atoms with E-state index in [0.717, 1.165) is 0 Å². The molecule has 0 aliphatic rings. The smallest absolute Gasteiger partial charge is 0.233 e. The number of rotatable bonds is 8. The number of carbonyl (C=O) groups excluding carboxylic acids is 1. The number of aromatic nitrogens is 2. The van der Waals surface area contributed by atoms with Gasteiger partial charge in [-0.1, -0.05) is 11.8 Å². The predicted octanol–water partition coefficient (Wildman–Crippen LogP) is 0.660. The van der Waals surface area contributed by atoms with E-state index < -0.39 is 0 Å². The van der Waals surface area contributed by atoms with Crippen LogP contribution in [0.25, 0.3) is 0 Å². The summed E-state index contributed by atoms with van der Waals surface area (Å²) in [7, 11) is 1.77. The third-order valence-electron chi connectivity index (χ3n) is 2.87. The van der Waals surface area contributed by atoms with Gasteiger partial charge in [-0.25, -0.2) is 4.98 Å². The SMILES string of the molecule is Cn1c(CO)cnc1SCC(=O)N(CCC#N)CCC#N. The highest BCUT2D eigenvalue weighted by atomic mass is 32.2. The van der Waals surface area contributed by atoms with Gasteiger partial charge in [-0.15, -0.1) is 0 Å². The summed E-state index contributed by atoms with van der Waals surface area (Å²) in [5, 5.41) is 26.9. The molecule has 0 fully saturated rings. The van der Waals surface area contributed by atoms with E-state index in [4.69, 9.17) is 15.6 Å². The monoisotopic (exact) mass is 307 g/mol. The second-order valence-corrected chi connectivity index (χ2v) is 5.18. The van der Waals surface area contributed by atoms with Gasteiger partial charge in [-0.3, -0.25) is 4.79 Å². The van der Waals surface area contributed by atoms with Gasteiger partial charge in [0.25, 0.3) is 0 Å². The van der Waals surface area contributed by atoms with Gasteiger partial charge < -0.3 is 14.6 Å². The van der Waals surface area contributed by atoms with Crippen molar-refractivity contribution in [1.29, 1.82) is 10.5 Å². The largest absolute Gasteiger partial charge is 0.390 e. The van der Waals surface area contributed by atoms with Crippen molar-refractivity contribution in [3.05, 3.63) is 11.9 Å². The van der Waals surface area contributed by atoms with E-state index in [0.29, 0.717) is 23.9 Å². The highest BCUT2D eigenvalue weighted by Gasteiger charge is 2.15. The van der Waals surface area contributed by atoms with Gasteiger partial charge in [0.15, 0.2) is 5.16 Å². The molecule has 1 aromatic heterocycles. The van der Waals surface area contributed by atoms with Gasteiger partial charge in [0.1, 0.15) is 0 Å². The van der Waals surface area contributed by atoms with Crippen molar-refractivity contribution < 1.29 is 9.90 Å². The zero-order chi connectivity index (χ0) is 15.7. The second-order valence-electron chi connectivity index (χ2n) is 4.23. The van der Waals surface area contributed by atoms with Gasteiger partial charge in [0, 0.05) is 20.1 Å².